The van der Waals surface area contributed by atoms with Crippen molar-refractivity contribution in [3.05, 3.63) is 35.9 Å². The lowest BCUT2D eigenvalue weighted by Gasteiger charge is -2.15. The molecule has 90 valence electrons. The maximum Gasteiger partial charge on any atom is 0.167 e. The van der Waals surface area contributed by atoms with Gasteiger partial charge in [0.05, 0.1) is 0 Å². The van der Waals surface area contributed by atoms with Gasteiger partial charge in [0.15, 0.2) is 11.4 Å². The van der Waals surface area contributed by atoms with Crippen LogP contribution < -0.4 is 0 Å². The molecule has 2 heteroatoms. The molecular formula is C15H18O2. The molecule has 0 N–H and O–H groups in total. The van der Waals surface area contributed by atoms with Crippen molar-refractivity contribution < 1.29 is 9.53 Å². The number of Topliss-reactive ketones (excluding diaryl/α,β-unsaturated/α-hetero) is 1. The van der Waals surface area contributed by atoms with Gasteiger partial charge in [-0.15, -0.1) is 0 Å². The number of ketones is 1. The van der Waals surface area contributed by atoms with E-state index in [0.29, 0.717) is 12.2 Å². The zero-order valence-corrected chi connectivity index (χ0v) is 10.0. The highest BCUT2D eigenvalue weighted by Crippen LogP contribution is 2.54. The van der Waals surface area contributed by atoms with E-state index in [4.69, 9.17) is 4.74 Å². The molecule has 1 aromatic rings. The van der Waals surface area contributed by atoms with E-state index in [-0.39, 0.29) is 6.10 Å². The van der Waals surface area contributed by atoms with Gasteiger partial charge < -0.3 is 4.74 Å². The van der Waals surface area contributed by atoms with Crippen LogP contribution in [0.25, 0.3) is 0 Å². The first-order chi connectivity index (χ1) is 8.33. The largest absolute Gasteiger partial charge is 0.353 e. The van der Waals surface area contributed by atoms with Crippen molar-refractivity contribution in [2.75, 3.05) is 0 Å². The van der Waals surface area contributed by atoms with Gasteiger partial charge in [0, 0.05) is 6.42 Å². The molecule has 1 aromatic carbocycles. The number of rotatable bonds is 1. The number of epoxide rings is 1. The first kappa shape index (κ1) is 11.0. The number of carbonyl (C=O) groups is 1. The average molecular weight is 230 g/mol. The molecule has 0 radical (unpaired) electrons. The Morgan fingerprint density at radius 3 is 2.65 bits per heavy atom. The Hall–Kier alpha value is -1.15. The van der Waals surface area contributed by atoms with Crippen LogP contribution in [0.15, 0.2) is 30.3 Å². The Balaban J connectivity index is 1.81. The summed E-state index contributed by atoms with van der Waals surface area (Å²) in [5.41, 5.74) is 0.698. The lowest BCUT2D eigenvalue weighted by Crippen LogP contribution is -2.26. The van der Waals surface area contributed by atoms with Crippen molar-refractivity contribution in [3.63, 3.8) is 0 Å². The number of carbonyl (C=O) groups excluding carboxylic acids is 1. The third-order valence-electron chi connectivity index (χ3n) is 3.97. The summed E-state index contributed by atoms with van der Waals surface area (Å²) >= 11 is 0. The molecule has 1 saturated carbocycles. The lowest BCUT2D eigenvalue weighted by atomic mass is 9.85. The molecular weight excluding hydrogens is 212 g/mol. The highest BCUT2D eigenvalue weighted by Gasteiger charge is 2.61. The van der Waals surface area contributed by atoms with Gasteiger partial charge in [-0.25, -0.2) is 0 Å². The minimum absolute atomic E-state index is 0.0225. The van der Waals surface area contributed by atoms with Gasteiger partial charge in [-0.1, -0.05) is 43.2 Å². The van der Waals surface area contributed by atoms with Gasteiger partial charge in [-0.2, -0.15) is 0 Å². The molecule has 2 aliphatic rings. The van der Waals surface area contributed by atoms with Gasteiger partial charge >= 0.3 is 0 Å². The topological polar surface area (TPSA) is 29.6 Å². The summed E-state index contributed by atoms with van der Waals surface area (Å²) in [5.74, 6) is 0.325. The third kappa shape index (κ3) is 1.91. The van der Waals surface area contributed by atoms with Gasteiger partial charge in [0.25, 0.3) is 0 Å². The number of ether oxygens (including phenoxy) is 1. The van der Waals surface area contributed by atoms with Crippen LogP contribution >= 0.6 is 0 Å². The summed E-state index contributed by atoms with van der Waals surface area (Å²) in [6.07, 6.45) is 6.21. The van der Waals surface area contributed by atoms with Crippen LogP contribution in [-0.4, -0.2) is 11.4 Å². The highest BCUT2D eigenvalue weighted by molar-refractivity contribution is 5.91. The second-order valence-electron chi connectivity index (χ2n) is 5.14. The molecule has 1 heterocycles. The molecule has 17 heavy (non-hydrogen) atoms. The molecule has 0 unspecified atom stereocenters. The monoisotopic (exact) mass is 230 g/mol. The SMILES string of the molecule is O=C1CCCCCC[C@]12O[C@@H]2c1ccccc1. The van der Waals surface area contributed by atoms with E-state index >= 15 is 0 Å². The van der Waals surface area contributed by atoms with E-state index in [2.05, 4.69) is 12.1 Å². The normalized spacial score (nSPS) is 33.2. The molecule has 0 bridgehead atoms. The summed E-state index contributed by atoms with van der Waals surface area (Å²) in [4.78, 5) is 12.2. The summed E-state index contributed by atoms with van der Waals surface area (Å²) < 4.78 is 5.83. The van der Waals surface area contributed by atoms with Crippen LogP contribution in [0.5, 0.6) is 0 Å². The second kappa shape index (κ2) is 4.26. The number of hydrogen-bond donors (Lipinski definition) is 0. The van der Waals surface area contributed by atoms with Crippen LogP contribution in [0.1, 0.15) is 50.2 Å². The molecule has 3 rings (SSSR count). The summed E-state index contributed by atoms with van der Waals surface area (Å²) in [6.45, 7) is 0. The van der Waals surface area contributed by atoms with Crippen LogP contribution in [0, 0.1) is 0 Å². The van der Waals surface area contributed by atoms with E-state index in [0.717, 1.165) is 24.8 Å². The van der Waals surface area contributed by atoms with Crippen molar-refractivity contribution in [1.29, 1.82) is 0 Å². The van der Waals surface area contributed by atoms with Crippen molar-refractivity contribution >= 4 is 5.78 Å². The van der Waals surface area contributed by atoms with E-state index in [1.165, 1.54) is 12.8 Å². The molecule has 1 aliphatic heterocycles. The fraction of sp³-hybridized carbons (Fsp3) is 0.533. The van der Waals surface area contributed by atoms with E-state index in [1.54, 1.807) is 0 Å². The Morgan fingerprint density at radius 1 is 1.06 bits per heavy atom. The van der Waals surface area contributed by atoms with Crippen molar-refractivity contribution in [1.82, 2.24) is 0 Å². The van der Waals surface area contributed by atoms with Crippen molar-refractivity contribution in [2.45, 2.75) is 50.2 Å². The molecule has 1 spiro atoms. The molecule has 2 fully saturated rings. The van der Waals surface area contributed by atoms with E-state index in [1.807, 2.05) is 18.2 Å². The highest BCUT2D eigenvalue weighted by atomic mass is 16.6. The molecule has 2 atom stereocenters. The van der Waals surface area contributed by atoms with Crippen LogP contribution in [0.2, 0.25) is 0 Å². The third-order valence-corrected chi connectivity index (χ3v) is 3.97. The van der Waals surface area contributed by atoms with Gasteiger partial charge in [-0.05, 0) is 24.8 Å². The maximum absolute atomic E-state index is 12.2. The van der Waals surface area contributed by atoms with Crippen LogP contribution in [-0.2, 0) is 9.53 Å². The predicted octanol–water partition coefficient (Wildman–Crippen LogP) is 3.42. The lowest BCUT2D eigenvalue weighted by molar-refractivity contribution is -0.124. The zero-order valence-electron chi connectivity index (χ0n) is 10.0. The summed E-state index contributed by atoms with van der Waals surface area (Å²) in [7, 11) is 0. The molecule has 0 aromatic heterocycles. The molecule has 1 saturated heterocycles. The van der Waals surface area contributed by atoms with Crippen LogP contribution in [0.4, 0.5) is 0 Å². The standard InChI is InChI=1S/C15H18O2/c16-13-10-6-1-2-7-11-15(13)14(17-15)12-8-4-3-5-9-12/h3-5,8-9,14H,1-2,6-7,10-11H2/t14-,15+/m1/s1. The summed E-state index contributed by atoms with van der Waals surface area (Å²) in [5, 5.41) is 0. The zero-order chi connectivity index (χ0) is 11.7. The quantitative estimate of drug-likeness (QED) is 0.692. The van der Waals surface area contributed by atoms with E-state index in [9.17, 15) is 4.79 Å². The van der Waals surface area contributed by atoms with Gasteiger partial charge in [0.2, 0.25) is 0 Å². The van der Waals surface area contributed by atoms with E-state index < -0.39 is 5.60 Å². The van der Waals surface area contributed by atoms with Crippen molar-refractivity contribution in [3.8, 4) is 0 Å². The number of benzene rings is 1. The minimum Gasteiger partial charge on any atom is -0.353 e. The Bertz CT molecular complexity index is 412. The van der Waals surface area contributed by atoms with Gasteiger partial charge in [0.1, 0.15) is 6.10 Å². The first-order valence-electron chi connectivity index (χ1n) is 6.59. The Kier molecular flexibility index (Phi) is 2.75. The second-order valence-corrected chi connectivity index (χ2v) is 5.14. The average Bonchev–Trinajstić information content (AvgIpc) is 3.09. The summed E-state index contributed by atoms with van der Waals surface area (Å²) in [6, 6.07) is 10.1. The molecule has 0 amide bonds. The minimum atomic E-state index is -0.457. The fourth-order valence-electron chi connectivity index (χ4n) is 2.92. The Labute approximate surface area is 102 Å². The molecule has 1 aliphatic carbocycles. The number of hydrogen-bond acceptors (Lipinski definition) is 2. The molecule has 2 nitrogen and oxygen atoms in total. The fourth-order valence-corrected chi connectivity index (χ4v) is 2.92. The van der Waals surface area contributed by atoms with Crippen LogP contribution in [0.3, 0.4) is 0 Å². The smallest absolute Gasteiger partial charge is 0.167 e. The first-order valence-corrected chi connectivity index (χ1v) is 6.59. The van der Waals surface area contributed by atoms with Gasteiger partial charge in [-0.3, -0.25) is 4.79 Å². The van der Waals surface area contributed by atoms with Crippen molar-refractivity contribution in [2.24, 2.45) is 0 Å². The predicted molar refractivity (Wildman–Crippen MR) is 65.7 cm³/mol. The Morgan fingerprint density at radius 2 is 1.82 bits per heavy atom. The maximum atomic E-state index is 12.2.